The molecule has 4 rings (SSSR count). The SMILES string of the molecule is CC(C)N(CC(=O)Nc1cc(-c2ccccc2)nn1-c1ccccc1Cl)C(=O)c1ccccc1F. The molecule has 6 nitrogen and oxygen atoms in total. The minimum absolute atomic E-state index is 0.0820. The highest BCUT2D eigenvalue weighted by molar-refractivity contribution is 6.32. The van der Waals surface area contributed by atoms with Gasteiger partial charge in [0.15, 0.2) is 0 Å². The molecule has 1 N–H and O–H groups in total. The molecule has 0 bridgehead atoms. The molecule has 178 valence electrons. The molecule has 0 aliphatic rings. The van der Waals surface area contributed by atoms with E-state index in [1.807, 2.05) is 36.4 Å². The molecule has 0 fully saturated rings. The summed E-state index contributed by atoms with van der Waals surface area (Å²) in [6.45, 7) is 3.28. The molecular formula is C27H24ClFN4O2. The number of hydrogen-bond acceptors (Lipinski definition) is 3. The number of para-hydroxylation sites is 1. The van der Waals surface area contributed by atoms with Crippen molar-refractivity contribution in [3.05, 3.63) is 101 Å². The summed E-state index contributed by atoms with van der Waals surface area (Å²) in [6, 6.07) is 23.8. The molecule has 0 unspecified atom stereocenters. The van der Waals surface area contributed by atoms with E-state index >= 15 is 0 Å². The summed E-state index contributed by atoms with van der Waals surface area (Å²) in [4.78, 5) is 27.4. The number of carbonyl (C=O) groups is 2. The Morgan fingerprint density at radius 2 is 1.66 bits per heavy atom. The summed E-state index contributed by atoms with van der Waals surface area (Å²) >= 11 is 6.41. The Hall–Kier alpha value is -3.97. The van der Waals surface area contributed by atoms with Gasteiger partial charge in [0.05, 0.1) is 22.0 Å². The van der Waals surface area contributed by atoms with Crippen LogP contribution in [0.4, 0.5) is 10.2 Å². The van der Waals surface area contributed by atoms with Crippen molar-refractivity contribution in [2.75, 3.05) is 11.9 Å². The lowest BCUT2D eigenvalue weighted by Gasteiger charge is -2.26. The van der Waals surface area contributed by atoms with Gasteiger partial charge < -0.3 is 10.2 Å². The van der Waals surface area contributed by atoms with E-state index in [0.717, 1.165) is 5.56 Å². The van der Waals surface area contributed by atoms with E-state index in [9.17, 15) is 14.0 Å². The van der Waals surface area contributed by atoms with Gasteiger partial charge in [0, 0.05) is 17.7 Å². The van der Waals surface area contributed by atoms with Gasteiger partial charge >= 0.3 is 0 Å². The Kier molecular flexibility index (Phi) is 7.27. The maximum Gasteiger partial charge on any atom is 0.257 e. The lowest BCUT2D eigenvalue weighted by Crippen LogP contribution is -2.42. The fraction of sp³-hybridized carbons (Fsp3) is 0.148. The van der Waals surface area contributed by atoms with Crippen LogP contribution in [0.3, 0.4) is 0 Å². The van der Waals surface area contributed by atoms with Crippen molar-refractivity contribution >= 4 is 29.2 Å². The Bertz CT molecular complexity index is 1350. The molecule has 1 aromatic heterocycles. The Morgan fingerprint density at radius 1 is 1.00 bits per heavy atom. The summed E-state index contributed by atoms with van der Waals surface area (Å²) < 4.78 is 15.8. The predicted octanol–water partition coefficient (Wildman–Crippen LogP) is 5.82. The van der Waals surface area contributed by atoms with Crippen molar-refractivity contribution < 1.29 is 14.0 Å². The number of aromatic nitrogens is 2. The van der Waals surface area contributed by atoms with Crippen LogP contribution in [-0.4, -0.2) is 39.1 Å². The predicted molar refractivity (Wildman–Crippen MR) is 135 cm³/mol. The smallest absolute Gasteiger partial charge is 0.257 e. The molecule has 0 spiro atoms. The lowest BCUT2D eigenvalue weighted by atomic mass is 10.1. The van der Waals surface area contributed by atoms with Gasteiger partial charge in [0.1, 0.15) is 18.2 Å². The summed E-state index contributed by atoms with van der Waals surface area (Å²) in [5.74, 6) is -1.24. The average Bonchev–Trinajstić information content (AvgIpc) is 3.26. The molecule has 1 heterocycles. The molecule has 0 aliphatic carbocycles. The first-order valence-corrected chi connectivity index (χ1v) is 11.5. The van der Waals surface area contributed by atoms with E-state index in [1.54, 1.807) is 48.9 Å². The van der Waals surface area contributed by atoms with Crippen LogP contribution in [0.5, 0.6) is 0 Å². The van der Waals surface area contributed by atoms with Crippen molar-refractivity contribution in [2.45, 2.75) is 19.9 Å². The highest BCUT2D eigenvalue weighted by Crippen LogP contribution is 2.28. The average molecular weight is 491 g/mol. The van der Waals surface area contributed by atoms with Crippen LogP contribution >= 0.6 is 11.6 Å². The molecule has 8 heteroatoms. The third-order valence-electron chi connectivity index (χ3n) is 5.43. The second-order valence-corrected chi connectivity index (χ2v) is 8.61. The first kappa shape index (κ1) is 24.2. The highest BCUT2D eigenvalue weighted by Gasteiger charge is 2.25. The topological polar surface area (TPSA) is 67.2 Å². The molecule has 35 heavy (non-hydrogen) atoms. The zero-order chi connectivity index (χ0) is 24.9. The van der Waals surface area contributed by atoms with Crippen molar-refractivity contribution in [3.63, 3.8) is 0 Å². The third-order valence-corrected chi connectivity index (χ3v) is 5.75. The number of carbonyl (C=O) groups excluding carboxylic acids is 2. The maximum atomic E-state index is 14.2. The largest absolute Gasteiger partial charge is 0.327 e. The second kappa shape index (κ2) is 10.5. The third kappa shape index (κ3) is 5.41. The molecule has 0 saturated carbocycles. The van der Waals surface area contributed by atoms with Gasteiger partial charge in [-0.1, -0.05) is 66.2 Å². The van der Waals surface area contributed by atoms with Crippen molar-refractivity contribution in [3.8, 4) is 16.9 Å². The van der Waals surface area contributed by atoms with E-state index in [1.165, 1.54) is 23.1 Å². The number of amides is 2. The van der Waals surface area contributed by atoms with Gasteiger partial charge in [0.2, 0.25) is 5.91 Å². The van der Waals surface area contributed by atoms with E-state index in [4.69, 9.17) is 11.6 Å². The Labute approximate surface area is 208 Å². The van der Waals surface area contributed by atoms with Crippen molar-refractivity contribution in [2.24, 2.45) is 0 Å². The summed E-state index contributed by atoms with van der Waals surface area (Å²) in [5.41, 5.74) is 2.02. The number of hydrogen-bond donors (Lipinski definition) is 1. The summed E-state index contributed by atoms with van der Waals surface area (Å²) in [5, 5.41) is 7.97. The number of rotatable bonds is 7. The van der Waals surface area contributed by atoms with Crippen LogP contribution in [0, 0.1) is 5.82 Å². The Morgan fingerprint density at radius 3 is 2.34 bits per heavy atom. The summed E-state index contributed by atoms with van der Waals surface area (Å²) in [6.07, 6.45) is 0. The van der Waals surface area contributed by atoms with Crippen LogP contribution in [0.15, 0.2) is 84.9 Å². The molecule has 4 aromatic rings. The number of halogens is 2. The first-order chi connectivity index (χ1) is 16.8. The van der Waals surface area contributed by atoms with Gasteiger partial charge in [-0.05, 0) is 38.1 Å². The van der Waals surface area contributed by atoms with Gasteiger partial charge in [-0.25, -0.2) is 9.07 Å². The summed E-state index contributed by atoms with van der Waals surface area (Å²) in [7, 11) is 0. The van der Waals surface area contributed by atoms with E-state index in [0.29, 0.717) is 22.2 Å². The van der Waals surface area contributed by atoms with Crippen LogP contribution in [0.25, 0.3) is 16.9 Å². The standard InChI is InChI=1S/C27H24ClFN4O2/c1-18(2)32(27(35)20-12-6-8-14-22(20)29)17-26(34)30-25-16-23(19-10-4-3-5-11-19)31-33(25)24-15-9-7-13-21(24)28/h3-16,18H,17H2,1-2H3,(H,30,34). The normalized spacial score (nSPS) is 10.9. The number of nitrogens with one attached hydrogen (secondary N) is 1. The fourth-order valence-electron chi connectivity index (χ4n) is 3.64. The monoisotopic (exact) mass is 490 g/mol. The molecule has 0 aliphatic heterocycles. The van der Waals surface area contributed by atoms with Crippen molar-refractivity contribution in [1.29, 1.82) is 0 Å². The zero-order valence-corrected chi connectivity index (χ0v) is 20.0. The Balaban J connectivity index is 1.64. The van der Waals surface area contributed by atoms with Crippen LogP contribution in [0.1, 0.15) is 24.2 Å². The minimum Gasteiger partial charge on any atom is -0.327 e. The molecule has 0 atom stereocenters. The number of benzene rings is 3. The number of nitrogens with zero attached hydrogens (tertiary/aromatic N) is 3. The fourth-order valence-corrected chi connectivity index (χ4v) is 3.86. The van der Waals surface area contributed by atoms with Gasteiger partial charge in [-0.3, -0.25) is 9.59 Å². The van der Waals surface area contributed by atoms with E-state index in [-0.39, 0.29) is 18.2 Å². The van der Waals surface area contributed by atoms with Crippen LogP contribution < -0.4 is 5.32 Å². The molecule has 0 saturated heterocycles. The van der Waals surface area contributed by atoms with Gasteiger partial charge in [-0.15, -0.1) is 0 Å². The lowest BCUT2D eigenvalue weighted by molar-refractivity contribution is -0.117. The van der Waals surface area contributed by atoms with E-state index in [2.05, 4.69) is 10.4 Å². The van der Waals surface area contributed by atoms with Crippen LogP contribution in [-0.2, 0) is 4.79 Å². The zero-order valence-electron chi connectivity index (χ0n) is 19.3. The highest BCUT2D eigenvalue weighted by atomic mass is 35.5. The second-order valence-electron chi connectivity index (χ2n) is 8.20. The van der Waals surface area contributed by atoms with Gasteiger partial charge in [-0.2, -0.15) is 5.10 Å². The molecule has 0 radical (unpaired) electrons. The van der Waals surface area contributed by atoms with Gasteiger partial charge in [0.25, 0.3) is 5.91 Å². The molecule has 3 aromatic carbocycles. The van der Waals surface area contributed by atoms with E-state index < -0.39 is 17.6 Å². The molecular weight excluding hydrogens is 467 g/mol. The minimum atomic E-state index is -0.632. The first-order valence-electron chi connectivity index (χ1n) is 11.1. The molecule has 2 amide bonds. The quantitative estimate of drug-likeness (QED) is 0.355. The maximum absolute atomic E-state index is 14.2. The van der Waals surface area contributed by atoms with Crippen LogP contribution in [0.2, 0.25) is 5.02 Å². The number of anilines is 1. The van der Waals surface area contributed by atoms with Crippen molar-refractivity contribution in [1.82, 2.24) is 14.7 Å².